The number of hydrogen-bond acceptors (Lipinski definition) is 4. The minimum atomic E-state index is -0.513. The molecule has 0 radical (unpaired) electrons. The first-order chi connectivity index (χ1) is 10.6. The van der Waals surface area contributed by atoms with Gasteiger partial charge in [0.1, 0.15) is 5.82 Å². The first kappa shape index (κ1) is 18.2. The second-order valence-corrected chi connectivity index (χ2v) is 8.33. The maximum Gasteiger partial charge on any atom is 0.262 e. The first-order valence-electron chi connectivity index (χ1n) is 7.17. The van der Waals surface area contributed by atoms with Crippen LogP contribution in [0.2, 0.25) is 0 Å². The number of hydroxylamine groups is 1. The Morgan fingerprint density at radius 1 is 1.35 bits per heavy atom. The zero-order chi connectivity index (χ0) is 17.4. The van der Waals surface area contributed by atoms with E-state index in [0.717, 1.165) is 32.4 Å². The van der Waals surface area contributed by atoms with Crippen LogP contribution in [0.3, 0.4) is 0 Å². The molecule has 126 valence electrons. The number of aryl methyl sites for hydroxylation is 1. The summed E-state index contributed by atoms with van der Waals surface area (Å²) in [5.41, 5.74) is 4.49. The van der Waals surface area contributed by atoms with E-state index < -0.39 is 5.91 Å². The van der Waals surface area contributed by atoms with E-state index in [0.29, 0.717) is 5.82 Å². The highest BCUT2D eigenvalue weighted by atomic mass is 79.9. The summed E-state index contributed by atoms with van der Waals surface area (Å²) in [6.45, 7) is 8.42. The van der Waals surface area contributed by atoms with Gasteiger partial charge in [-0.3, -0.25) is 14.4 Å². The average molecular weight is 448 g/mol. The van der Waals surface area contributed by atoms with Crippen molar-refractivity contribution in [1.29, 1.82) is 0 Å². The molecule has 8 heteroatoms. The molecule has 0 saturated heterocycles. The van der Waals surface area contributed by atoms with E-state index in [1.165, 1.54) is 0 Å². The first-order valence-corrected chi connectivity index (χ1v) is 8.75. The smallest absolute Gasteiger partial charge is 0.262 e. The van der Waals surface area contributed by atoms with E-state index in [4.69, 9.17) is 5.21 Å². The fraction of sp³-hybridized carbons (Fsp3) is 0.467. The van der Waals surface area contributed by atoms with Crippen LogP contribution in [0.1, 0.15) is 32.2 Å². The Kier molecular flexibility index (Phi) is 5.37. The maximum atomic E-state index is 11.3. The van der Waals surface area contributed by atoms with E-state index in [2.05, 4.69) is 67.3 Å². The van der Waals surface area contributed by atoms with Crippen molar-refractivity contribution in [2.75, 3.05) is 11.9 Å². The second kappa shape index (κ2) is 6.78. The molecule has 0 spiro atoms. The van der Waals surface area contributed by atoms with Crippen molar-refractivity contribution in [3.8, 4) is 0 Å². The van der Waals surface area contributed by atoms with Gasteiger partial charge >= 0.3 is 0 Å². The lowest BCUT2D eigenvalue weighted by atomic mass is 9.90. The summed E-state index contributed by atoms with van der Waals surface area (Å²) in [5.74, 6) is 0.131. The Bertz CT molecular complexity index is 750. The largest absolute Gasteiger partial charge is 0.359 e. The van der Waals surface area contributed by atoms with Gasteiger partial charge in [-0.25, -0.2) is 10.5 Å². The van der Waals surface area contributed by atoms with Crippen LogP contribution in [-0.2, 0) is 11.2 Å². The zero-order valence-corrected chi connectivity index (χ0v) is 16.7. The summed E-state index contributed by atoms with van der Waals surface area (Å²) in [6, 6.07) is 1.96. The van der Waals surface area contributed by atoms with Gasteiger partial charge in [0.25, 0.3) is 5.91 Å². The van der Waals surface area contributed by atoms with Crippen molar-refractivity contribution in [3.63, 3.8) is 0 Å². The van der Waals surface area contributed by atoms with Gasteiger partial charge < -0.3 is 5.32 Å². The monoisotopic (exact) mass is 446 g/mol. The number of amides is 1. The molecule has 3 N–H and O–H groups in total. The van der Waals surface area contributed by atoms with Crippen LogP contribution in [0, 0.1) is 12.3 Å². The summed E-state index contributed by atoms with van der Waals surface area (Å²) in [4.78, 5) is 15.9. The van der Waals surface area contributed by atoms with Gasteiger partial charge in [0.05, 0.1) is 16.7 Å². The molecular weight excluding hydrogens is 428 g/mol. The third-order valence-electron chi connectivity index (χ3n) is 3.36. The fourth-order valence-corrected chi connectivity index (χ4v) is 3.58. The Morgan fingerprint density at radius 2 is 2.00 bits per heavy atom. The van der Waals surface area contributed by atoms with Gasteiger partial charge in [0.15, 0.2) is 5.65 Å². The summed E-state index contributed by atoms with van der Waals surface area (Å²) in [5, 5.41) is 11.7. The predicted octanol–water partition coefficient (Wildman–Crippen LogP) is 3.67. The van der Waals surface area contributed by atoms with Crippen LogP contribution >= 0.6 is 31.9 Å². The predicted molar refractivity (Wildman–Crippen MR) is 96.9 cm³/mol. The van der Waals surface area contributed by atoms with Crippen LogP contribution in [0.4, 0.5) is 5.82 Å². The van der Waals surface area contributed by atoms with Gasteiger partial charge in [-0.1, -0.05) is 20.8 Å². The average Bonchev–Trinajstić information content (AvgIpc) is 2.79. The molecule has 0 saturated carbocycles. The van der Waals surface area contributed by atoms with Gasteiger partial charge in [0.2, 0.25) is 0 Å². The van der Waals surface area contributed by atoms with Crippen molar-refractivity contribution in [2.24, 2.45) is 5.41 Å². The molecule has 0 unspecified atom stereocenters. The lowest BCUT2D eigenvalue weighted by molar-refractivity contribution is -0.127. The number of halogens is 2. The Labute approximate surface area is 151 Å². The number of nitrogens with zero attached hydrogens (tertiary/aromatic N) is 2. The molecule has 0 aliphatic carbocycles. The molecule has 0 bridgehead atoms. The molecule has 2 heterocycles. The zero-order valence-electron chi connectivity index (χ0n) is 13.5. The lowest BCUT2D eigenvalue weighted by Gasteiger charge is -2.20. The van der Waals surface area contributed by atoms with Crippen molar-refractivity contribution in [1.82, 2.24) is 14.9 Å². The molecule has 2 aromatic rings. The van der Waals surface area contributed by atoms with Crippen LogP contribution in [0.15, 0.2) is 15.0 Å². The quantitative estimate of drug-likeness (QED) is 0.493. The summed E-state index contributed by atoms with van der Waals surface area (Å²) < 4.78 is 3.92. The molecule has 0 aliphatic heterocycles. The summed E-state index contributed by atoms with van der Waals surface area (Å²) in [7, 11) is 0. The fourth-order valence-electron chi connectivity index (χ4n) is 2.37. The van der Waals surface area contributed by atoms with E-state index >= 15 is 0 Å². The SMILES string of the molecule is Cc1c(Br)cc(Br)c2nc(NCC(=O)NO)c(CC(C)(C)C)n12. The van der Waals surface area contributed by atoms with Crippen molar-refractivity contribution < 1.29 is 10.0 Å². The molecule has 2 aromatic heterocycles. The Balaban J connectivity index is 2.61. The lowest BCUT2D eigenvalue weighted by Crippen LogP contribution is -2.27. The standard InChI is InChI=1S/C15H20Br2N4O2/c1-8-9(16)5-10(17)14-19-13(18-7-12(22)20-23)11(21(8)14)6-15(2,3)4/h5,18,23H,6-7H2,1-4H3,(H,20,22). The van der Waals surface area contributed by atoms with Gasteiger partial charge in [-0.15, -0.1) is 0 Å². The van der Waals surface area contributed by atoms with Crippen molar-refractivity contribution in [3.05, 3.63) is 26.4 Å². The highest BCUT2D eigenvalue weighted by Crippen LogP contribution is 2.33. The van der Waals surface area contributed by atoms with Gasteiger partial charge in [0, 0.05) is 10.2 Å². The summed E-state index contributed by atoms with van der Waals surface area (Å²) >= 11 is 7.11. The number of pyridine rings is 1. The minimum absolute atomic E-state index is 0.0463. The Morgan fingerprint density at radius 3 is 2.57 bits per heavy atom. The molecule has 6 nitrogen and oxygen atoms in total. The van der Waals surface area contributed by atoms with Crippen molar-refractivity contribution >= 4 is 49.2 Å². The molecular formula is C15H20Br2N4O2. The highest BCUT2D eigenvalue weighted by Gasteiger charge is 2.22. The normalized spacial score (nSPS) is 11.8. The number of nitrogens with one attached hydrogen (secondary N) is 2. The third kappa shape index (κ3) is 4.05. The van der Waals surface area contributed by atoms with Gasteiger partial charge in [-0.05, 0) is 56.7 Å². The highest BCUT2D eigenvalue weighted by molar-refractivity contribution is 9.11. The number of carbonyl (C=O) groups is 1. The molecule has 0 fully saturated rings. The number of hydrogen-bond donors (Lipinski definition) is 3. The van der Waals surface area contributed by atoms with Crippen LogP contribution in [-0.4, -0.2) is 27.0 Å². The molecule has 0 atom stereocenters. The molecule has 0 aliphatic rings. The molecule has 1 amide bonds. The third-order valence-corrected chi connectivity index (χ3v) is 4.75. The van der Waals surface area contributed by atoms with Crippen LogP contribution in [0.25, 0.3) is 5.65 Å². The van der Waals surface area contributed by atoms with E-state index in [-0.39, 0.29) is 12.0 Å². The maximum absolute atomic E-state index is 11.3. The topological polar surface area (TPSA) is 78.7 Å². The van der Waals surface area contributed by atoms with E-state index in [1.807, 2.05) is 13.0 Å². The second-order valence-electron chi connectivity index (χ2n) is 6.62. The van der Waals surface area contributed by atoms with Crippen molar-refractivity contribution in [2.45, 2.75) is 34.1 Å². The molecule has 23 heavy (non-hydrogen) atoms. The number of aromatic nitrogens is 2. The van der Waals surface area contributed by atoms with Gasteiger partial charge in [-0.2, -0.15) is 0 Å². The minimum Gasteiger partial charge on any atom is -0.359 e. The number of fused-ring (bicyclic) bond motifs is 1. The van der Waals surface area contributed by atoms with E-state index in [1.54, 1.807) is 5.48 Å². The van der Waals surface area contributed by atoms with Crippen LogP contribution < -0.4 is 10.8 Å². The van der Waals surface area contributed by atoms with E-state index in [9.17, 15) is 4.79 Å². The number of carbonyl (C=O) groups excluding carboxylic acids is 1. The molecule has 0 aromatic carbocycles. The number of imidazole rings is 1. The molecule has 2 rings (SSSR count). The Hall–Kier alpha value is -1.12. The summed E-state index contributed by atoms with van der Waals surface area (Å²) in [6.07, 6.45) is 0.779. The number of rotatable bonds is 4. The number of anilines is 1. The van der Waals surface area contributed by atoms with Crippen LogP contribution in [0.5, 0.6) is 0 Å².